The lowest BCUT2D eigenvalue weighted by Gasteiger charge is -2.23. The van der Waals surface area contributed by atoms with Crippen LogP contribution in [0.5, 0.6) is 0 Å². The van der Waals surface area contributed by atoms with E-state index in [4.69, 9.17) is 5.11 Å². The summed E-state index contributed by atoms with van der Waals surface area (Å²) < 4.78 is 0.425. The Labute approximate surface area is 79.1 Å². The van der Waals surface area contributed by atoms with Crippen molar-refractivity contribution in [3.8, 4) is 0 Å². The summed E-state index contributed by atoms with van der Waals surface area (Å²) in [6.07, 6.45) is 2.43. The topological polar surface area (TPSA) is 32.3 Å². The van der Waals surface area contributed by atoms with Crippen LogP contribution < -0.4 is 5.32 Å². The fourth-order valence-corrected chi connectivity index (χ4v) is 2.80. The van der Waals surface area contributed by atoms with Gasteiger partial charge in [0.2, 0.25) is 0 Å². The van der Waals surface area contributed by atoms with Crippen LogP contribution in [0.15, 0.2) is 0 Å². The van der Waals surface area contributed by atoms with E-state index in [1.54, 1.807) is 0 Å². The fraction of sp³-hybridized carbons (Fsp3) is 1.00. The molecule has 1 aliphatic rings. The Balaban J connectivity index is 2.13. The van der Waals surface area contributed by atoms with Gasteiger partial charge in [0.1, 0.15) is 0 Å². The van der Waals surface area contributed by atoms with Gasteiger partial charge in [0.25, 0.3) is 0 Å². The zero-order chi connectivity index (χ0) is 9.03. The summed E-state index contributed by atoms with van der Waals surface area (Å²) in [4.78, 5) is 0. The average molecular weight is 189 g/mol. The summed E-state index contributed by atoms with van der Waals surface area (Å²) in [5.41, 5.74) is 0. The van der Waals surface area contributed by atoms with Gasteiger partial charge in [-0.3, -0.25) is 0 Å². The van der Waals surface area contributed by atoms with E-state index in [1.165, 1.54) is 18.6 Å². The second kappa shape index (κ2) is 4.49. The lowest BCUT2D eigenvalue weighted by molar-refractivity contribution is 0.190. The highest BCUT2D eigenvalue weighted by atomic mass is 32.2. The third-order valence-corrected chi connectivity index (χ3v) is 3.78. The maximum absolute atomic E-state index is 9.04. The van der Waals surface area contributed by atoms with E-state index in [0.29, 0.717) is 4.75 Å². The van der Waals surface area contributed by atoms with E-state index in [9.17, 15) is 0 Å². The monoisotopic (exact) mass is 189 g/mol. The van der Waals surface area contributed by atoms with Crippen molar-refractivity contribution < 1.29 is 5.11 Å². The Morgan fingerprint density at radius 1 is 1.67 bits per heavy atom. The highest BCUT2D eigenvalue weighted by Gasteiger charge is 2.28. The minimum Gasteiger partial charge on any atom is -0.392 e. The van der Waals surface area contributed by atoms with Crippen molar-refractivity contribution in [1.29, 1.82) is 0 Å². The Morgan fingerprint density at radius 2 is 2.42 bits per heavy atom. The predicted molar refractivity (Wildman–Crippen MR) is 54.6 cm³/mol. The van der Waals surface area contributed by atoms with Gasteiger partial charge in [0.05, 0.1) is 6.10 Å². The molecule has 0 saturated carbocycles. The van der Waals surface area contributed by atoms with E-state index in [1.807, 2.05) is 6.92 Å². The minimum absolute atomic E-state index is 0.222. The maximum Gasteiger partial charge on any atom is 0.0636 e. The van der Waals surface area contributed by atoms with Crippen LogP contribution >= 0.6 is 11.8 Å². The van der Waals surface area contributed by atoms with Gasteiger partial charge in [-0.2, -0.15) is 11.8 Å². The maximum atomic E-state index is 9.04. The van der Waals surface area contributed by atoms with Crippen LogP contribution in [-0.4, -0.2) is 34.8 Å². The van der Waals surface area contributed by atoms with Gasteiger partial charge in [0.15, 0.2) is 0 Å². The Bertz CT molecular complexity index is 132. The number of hydrogen-bond acceptors (Lipinski definition) is 3. The zero-order valence-electron chi connectivity index (χ0n) is 7.97. The van der Waals surface area contributed by atoms with Crippen molar-refractivity contribution in [2.45, 2.75) is 37.5 Å². The van der Waals surface area contributed by atoms with Crippen LogP contribution in [0.3, 0.4) is 0 Å². The Kier molecular flexibility index (Phi) is 3.87. The van der Waals surface area contributed by atoms with Crippen LogP contribution in [0, 0.1) is 0 Å². The number of hydrogen-bond donors (Lipinski definition) is 2. The fourth-order valence-electron chi connectivity index (χ4n) is 1.52. The molecule has 1 heterocycles. The highest BCUT2D eigenvalue weighted by Crippen LogP contribution is 2.36. The highest BCUT2D eigenvalue weighted by molar-refractivity contribution is 8.00. The number of rotatable bonds is 4. The van der Waals surface area contributed by atoms with Crippen molar-refractivity contribution in [3.05, 3.63) is 0 Å². The molecule has 0 spiro atoms. The van der Waals surface area contributed by atoms with Crippen molar-refractivity contribution in [3.63, 3.8) is 0 Å². The molecule has 2 atom stereocenters. The normalized spacial score (nSPS) is 32.2. The first-order valence-corrected chi connectivity index (χ1v) is 5.64. The van der Waals surface area contributed by atoms with Crippen LogP contribution in [0.25, 0.3) is 0 Å². The standard InChI is InChI=1S/C9H19NOS/c1-8(11)6-10-7-9(2)4-3-5-12-9/h8,10-11H,3-7H2,1-2H3/t8-,9?/m1/s1. The van der Waals surface area contributed by atoms with Crippen molar-refractivity contribution in [2.24, 2.45) is 0 Å². The molecule has 0 aliphatic carbocycles. The van der Waals surface area contributed by atoms with E-state index < -0.39 is 0 Å². The van der Waals surface area contributed by atoms with E-state index in [-0.39, 0.29) is 6.10 Å². The summed E-state index contributed by atoms with van der Waals surface area (Å²) in [5, 5.41) is 12.3. The second-order valence-electron chi connectivity index (χ2n) is 3.88. The molecule has 0 amide bonds. The van der Waals surface area contributed by atoms with Crippen LogP contribution in [0.4, 0.5) is 0 Å². The summed E-state index contributed by atoms with van der Waals surface area (Å²) in [6, 6.07) is 0. The van der Waals surface area contributed by atoms with Crippen LogP contribution in [0.2, 0.25) is 0 Å². The molecule has 0 aromatic heterocycles. The molecule has 2 N–H and O–H groups in total. The molecule has 0 aromatic rings. The first kappa shape index (κ1) is 10.4. The van der Waals surface area contributed by atoms with Crippen molar-refractivity contribution in [1.82, 2.24) is 5.32 Å². The molecule has 1 saturated heterocycles. The minimum atomic E-state index is -0.222. The molecule has 1 rings (SSSR count). The van der Waals surface area contributed by atoms with Gasteiger partial charge in [-0.1, -0.05) is 0 Å². The molecule has 0 aromatic carbocycles. The van der Waals surface area contributed by atoms with Gasteiger partial charge in [-0.15, -0.1) is 0 Å². The van der Waals surface area contributed by atoms with Crippen molar-refractivity contribution in [2.75, 3.05) is 18.8 Å². The third kappa shape index (κ3) is 3.33. The SMILES string of the molecule is C[C@@H](O)CNCC1(C)CCCS1. The summed E-state index contributed by atoms with van der Waals surface area (Å²) >= 11 is 2.05. The summed E-state index contributed by atoms with van der Waals surface area (Å²) in [7, 11) is 0. The lowest BCUT2D eigenvalue weighted by Crippen LogP contribution is -2.36. The first-order valence-electron chi connectivity index (χ1n) is 4.65. The summed E-state index contributed by atoms with van der Waals surface area (Å²) in [5.74, 6) is 1.30. The number of nitrogens with one attached hydrogen (secondary N) is 1. The van der Waals surface area contributed by atoms with Gasteiger partial charge in [-0.25, -0.2) is 0 Å². The van der Waals surface area contributed by atoms with Gasteiger partial charge < -0.3 is 10.4 Å². The number of thioether (sulfide) groups is 1. The van der Waals surface area contributed by atoms with Gasteiger partial charge in [-0.05, 0) is 32.4 Å². The van der Waals surface area contributed by atoms with E-state index >= 15 is 0 Å². The Hall–Kier alpha value is 0.270. The average Bonchev–Trinajstić information content (AvgIpc) is 2.35. The predicted octanol–water partition coefficient (Wildman–Crippen LogP) is 1.24. The number of aliphatic hydroxyl groups excluding tert-OH is 1. The molecule has 12 heavy (non-hydrogen) atoms. The number of aliphatic hydroxyl groups is 1. The van der Waals surface area contributed by atoms with Gasteiger partial charge >= 0.3 is 0 Å². The largest absolute Gasteiger partial charge is 0.392 e. The smallest absolute Gasteiger partial charge is 0.0636 e. The van der Waals surface area contributed by atoms with Gasteiger partial charge in [0, 0.05) is 17.8 Å². The first-order chi connectivity index (χ1) is 5.62. The Morgan fingerprint density at radius 3 is 2.92 bits per heavy atom. The molecule has 1 unspecified atom stereocenters. The molecular weight excluding hydrogens is 170 g/mol. The molecular formula is C9H19NOS. The molecule has 1 aliphatic heterocycles. The zero-order valence-corrected chi connectivity index (χ0v) is 8.78. The summed E-state index contributed by atoms with van der Waals surface area (Å²) in [6.45, 7) is 5.87. The van der Waals surface area contributed by atoms with Crippen molar-refractivity contribution >= 4 is 11.8 Å². The van der Waals surface area contributed by atoms with E-state index in [2.05, 4.69) is 24.0 Å². The lowest BCUT2D eigenvalue weighted by atomic mass is 10.1. The van der Waals surface area contributed by atoms with Crippen LogP contribution in [0.1, 0.15) is 26.7 Å². The molecule has 0 radical (unpaired) electrons. The molecule has 2 nitrogen and oxygen atoms in total. The molecule has 0 bridgehead atoms. The third-order valence-electron chi connectivity index (χ3n) is 2.24. The molecule has 72 valence electrons. The molecule has 1 fully saturated rings. The van der Waals surface area contributed by atoms with E-state index in [0.717, 1.165) is 13.1 Å². The second-order valence-corrected chi connectivity index (χ2v) is 5.56. The van der Waals surface area contributed by atoms with Crippen LogP contribution in [-0.2, 0) is 0 Å². The quantitative estimate of drug-likeness (QED) is 0.698. The molecule has 3 heteroatoms.